The highest BCUT2D eigenvalue weighted by Crippen LogP contribution is 2.26. The number of rotatable bonds is 8. The van der Waals surface area contributed by atoms with Gasteiger partial charge in [0.25, 0.3) is 0 Å². The Morgan fingerprint density at radius 2 is 2.00 bits per heavy atom. The van der Waals surface area contributed by atoms with E-state index in [4.69, 9.17) is 5.11 Å². The van der Waals surface area contributed by atoms with Gasteiger partial charge < -0.3 is 10.4 Å². The molecule has 1 saturated carbocycles. The number of nitrogens with one attached hydrogen (secondary N) is 1. The van der Waals surface area contributed by atoms with Gasteiger partial charge in [0.2, 0.25) is 5.91 Å². The minimum absolute atomic E-state index is 0.0394. The average molecular weight is 242 g/mol. The number of carbonyl (C=O) groups excluding carboxylic acids is 1. The van der Waals surface area contributed by atoms with Gasteiger partial charge >= 0.3 is 5.97 Å². The van der Waals surface area contributed by atoms with Gasteiger partial charge in [0, 0.05) is 12.6 Å². The molecular formula is C12H22N2O3. The lowest BCUT2D eigenvalue weighted by molar-refractivity contribution is -0.138. The number of carbonyl (C=O) groups is 2. The zero-order valence-electron chi connectivity index (χ0n) is 10.6. The zero-order chi connectivity index (χ0) is 12.8. The molecule has 0 saturated heterocycles. The molecule has 0 aromatic carbocycles. The zero-order valence-corrected chi connectivity index (χ0v) is 10.6. The van der Waals surface area contributed by atoms with Crippen LogP contribution in [-0.4, -0.2) is 47.6 Å². The number of carboxylic acids is 1. The number of hydrogen-bond acceptors (Lipinski definition) is 3. The minimum atomic E-state index is -0.869. The second-order valence-electron chi connectivity index (χ2n) is 5.06. The minimum Gasteiger partial charge on any atom is -0.480 e. The third-order valence-electron chi connectivity index (χ3n) is 2.79. The van der Waals surface area contributed by atoms with Crippen LogP contribution < -0.4 is 5.32 Å². The standard InChI is InChI=1S/C12H22N2O3/c1-9(2)5-6-13-11(15)7-14(8-12(16)17)10-3-4-10/h9-10H,3-8H2,1-2H3,(H,13,15)(H,16,17). The monoisotopic (exact) mass is 242 g/mol. The van der Waals surface area contributed by atoms with Crippen molar-refractivity contribution in [3.8, 4) is 0 Å². The van der Waals surface area contributed by atoms with Gasteiger partial charge in [-0.15, -0.1) is 0 Å². The number of nitrogens with zero attached hydrogens (tertiary/aromatic N) is 1. The van der Waals surface area contributed by atoms with Gasteiger partial charge in [0.1, 0.15) is 0 Å². The third kappa shape index (κ3) is 6.26. The predicted molar refractivity (Wildman–Crippen MR) is 64.7 cm³/mol. The second-order valence-corrected chi connectivity index (χ2v) is 5.06. The predicted octanol–water partition coefficient (Wildman–Crippen LogP) is 0.698. The van der Waals surface area contributed by atoms with Crippen LogP contribution in [0.15, 0.2) is 0 Å². The van der Waals surface area contributed by atoms with Crippen LogP contribution in [0.3, 0.4) is 0 Å². The molecule has 0 heterocycles. The largest absolute Gasteiger partial charge is 0.480 e. The van der Waals surface area contributed by atoms with E-state index in [9.17, 15) is 9.59 Å². The molecule has 0 bridgehead atoms. The van der Waals surface area contributed by atoms with Gasteiger partial charge in [-0.05, 0) is 25.2 Å². The van der Waals surface area contributed by atoms with Crippen molar-refractivity contribution in [3.05, 3.63) is 0 Å². The lowest BCUT2D eigenvalue weighted by atomic mass is 10.1. The summed E-state index contributed by atoms with van der Waals surface area (Å²) in [4.78, 5) is 24.0. The summed E-state index contributed by atoms with van der Waals surface area (Å²) < 4.78 is 0. The van der Waals surface area contributed by atoms with Crippen LogP contribution in [0, 0.1) is 5.92 Å². The Hall–Kier alpha value is -1.10. The molecule has 0 aromatic heterocycles. The Morgan fingerprint density at radius 1 is 1.35 bits per heavy atom. The van der Waals surface area contributed by atoms with Crippen LogP contribution in [0.1, 0.15) is 33.1 Å². The number of amides is 1. The molecule has 0 atom stereocenters. The number of carboxylic acid groups (broad SMARTS) is 1. The first kappa shape index (κ1) is 14.0. The Morgan fingerprint density at radius 3 is 2.47 bits per heavy atom. The van der Waals surface area contributed by atoms with Crippen molar-refractivity contribution in [2.24, 2.45) is 5.92 Å². The molecule has 0 radical (unpaired) electrons. The fraction of sp³-hybridized carbons (Fsp3) is 0.833. The van der Waals surface area contributed by atoms with Crippen molar-refractivity contribution in [2.45, 2.75) is 39.2 Å². The molecule has 0 unspecified atom stereocenters. The maximum absolute atomic E-state index is 11.6. The fourth-order valence-electron chi connectivity index (χ4n) is 1.67. The molecular weight excluding hydrogens is 220 g/mol. The molecule has 1 amide bonds. The summed E-state index contributed by atoms with van der Waals surface area (Å²) in [6.07, 6.45) is 2.97. The molecule has 2 N–H and O–H groups in total. The molecule has 5 heteroatoms. The normalized spacial score (nSPS) is 15.3. The lowest BCUT2D eigenvalue weighted by Crippen LogP contribution is -2.41. The summed E-state index contributed by atoms with van der Waals surface area (Å²) in [5, 5.41) is 11.6. The maximum Gasteiger partial charge on any atom is 0.317 e. The molecule has 1 aliphatic rings. The first-order valence-electron chi connectivity index (χ1n) is 6.21. The van der Waals surface area contributed by atoms with Crippen molar-refractivity contribution >= 4 is 11.9 Å². The van der Waals surface area contributed by atoms with E-state index in [1.165, 1.54) is 0 Å². The topological polar surface area (TPSA) is 69.6 Å². The van der Waals surface area contributed by atoms with E-state index in [1.807, 2.05) is 0 Å². The Labute approximate surface area is 102 Å². The summed E-state index contributed by atoms with van der Waals surface area (Å²) in [5.74, 6) is -0.375. The van der Waals surface area contributed by atoms with Crippen LogP contribution in [0.2, 0.25) is 0 Å². The van der Waals surface area contributed by atoms with E-state index in [-0.39, 0.29) is 19.0 Å². The Balaban J connectivity index is 2.24. The van der Waals surface area contributed by atoms with Crippen molar-refractivity contribution in [2.75, 3.05) is 19.6 Å². The van der Waals surface area contributed by atoms with Gasteiger partial charge in [-0.25, -0.2) is 0 Å². The summed E-state index contributed by atoms with van der Waals surface area (Å²) >= 11 is 0. The van der Waals surface area contributed by atoms with Crippen molar-refractivity contribution in [1.29, 1.82) is 0 Å². The highest BCUT2D eigenvalue weighted by Gasteiger charge is 2.31. The highest BCUT2D eigenvalue weighted by atomic mass is 16.4. The molecule has 1 rings (SSSR count). The smallest absolute Gasteiger partial charge is 0.317 e. The molecule has 0 aliphatic heterocycles. The molecule has 0 spiro atoms. The number of aliphatic carboxylic acids is 1. The first-order chi connectivity index (χ1) is 7.99. The third-order valence-corrected chi connectivity index (χ3v) is 2.79. The fourth-order valence-corrected chi connectivity index (χ4v) is 1.67. The lowest BCUT2D eigenvalue weighted by Gasteiger charge is -2.19. The van der Waals surface area contributed by atoms with Crippen molar-refractivity contribution < 1.29 is 14.7 Å². The molecule has 98 valence electrons. The molecule has 1 fully saturated rings. The van der Waals surface area contributed by atoms with E-state index >= 15 is 0 Å². The van der Waals surface area contributed by atoms with Crippen LogP contribution in [-0.2, 0) is 9.59 Å². The Kier molecular flexibility index (Phi) is 5.41. The van der Waals surface area contributed by atoms with Crippen LogP contribution >= 0.6 is 0 Å². The summed E-state index contributed by atoms with van der Waals surface area (Å²) in [7, 11) is 0. The van der Waals surface area contributed by atoms with Crippen molar-refractivity contribution in [3.63, 3.8) is 0 Å². The van der Waals surface area contributed by atoms with E-state index in [0.29, 0.717) is 18.5 Å². The first-order valence-corrected chi connectivity index (χ1v) is 6.21. The van der Waals surface area contributed by atoms with Gasteiger partial charge in [0.05, 0.1) is 13.1 Å². The Bertz CT molecular complexity index is 275. The summed E-state index contributed by atoms with van der Waals surface area (Å²) in [5.41, 5.74) is 0. The van der Waals surface area contributed by atoms with Gasteiger partial charge in [-0.3, -0.25) is 14.5 Å². The second kappa shape index (κ2) is 6.59. The average Bonchev–Trinajstić information content (AvgIpc) is 2.98. The van der Waals surface area contributed by atoms with E-state index in [2.05, 4.69) is 19.2 Å². The quantitative estimate of drug-likeness (QED) is 0.657. The van der Waals surface area contributed by atoms with Gasteiger partial charge in [-0.2, -0.15) is 0 Å². The van der Waals surface area contributed by atoms with Gasteiger partial charge in [-0.1, -0.05) is 13.8 Å². The van der Waals surface area contributed by atoms with E-state index in [1.54, 1.807) is 4.90 Å². The van der Waals surface area contributed by atoms with Crippen LogP contribution in [0.25, 0.3) is 0 Å². The maximum atomic E-state index is 11.6. The van der Waals surface area contributed by atoms with E-state index in [0.717, 1.165) is 19.3 Å². The molecule has 5 nitrogen and oxygen atoms in total. The van der Waals surface area contributed by atoms with E-state index < -0.39 is 5.97 Å². The highest BCUT2D eigenvalue weighted by molar-refractivity contribution is 5.79. The molecule has 0 aromatic rings. The number of hydrogen-bond donors (Lipinski definition) is 2. The van der Waals surface area contributed by atoms with Crippen molar-refractivity contribution in [1.82, 2.24) is 10.2 Å². The molecule has 17 heavy (non-hydrogen) atoms. The summed E-state index contributed by atoms with van der Waals surface area (Å²) in [6.45, 7) is 5.04. The molecule has 1 aliphatic carbocycles. The van der Waals surface area contributed by atoms with Crippen LogP contribution in [0.4, 0.5) is 0 Å². The SMILES string of the molecule is CC(C)CCNC(=O)CN(CC(=O)O)C1CC1. The summed E-state index contributed by atoms with van der Waals surface area (Å²) in [6, 6.07) is 0.293. The van der Waals surface area contributed by atoms with Crippen LogP contribution in [0.5, 0.6) is 0 Å². The van der Waals surface area contributed by atoms with Gasteiger partial charge in [0.15, 0.2) is 0 Å².